The molecule has 1 aliphatic rings. The molecule has 1 saturated heterocycles. The molecule has 1 aromatic carbocycles. The standard InChI is InChI=1S/C15H23ClN4O/c1-3-6-17-14-5-4-12(16)11-13(14)15(21)18-20-9-7-19(2)8-10-20/h4-5,11,17H,3,6-10H2,1-2H3,(H,18,21). The van der Waals surface area contributed by atoms with E-state index in [2.05, 4.69) is 29.6 Å². The lowest BCUT2D eigenvalue weighted by atomic mass is 10.1. The van der Waals surface area contributed by atoms with Gasteiger partial charge in [-0.2, -0.15) is 0 Å². The van der Waals surface area contributed by atoms with E-state index in [1.807, 2.05) is 11.1 Å². The minimum atomic E-state index is -0.111. The zero-order chi connectivity index (χ0) is 15.2. The summed E-state index contributed by atoms with van der Waals surface area (Å²) in [5.74, 6) is -0.111. The Hall–Kier alpha value is -1.30. The highest BCUT2D eigenvalue weighted by Gasteiger charge is 2.18. The summed E-state index contributed by atoms with van der Waals surface area (Å²) in [5, 5.41) is 5.80. The topological polar surface area (TPSA) is 47.6 Å². The summed E-state index contributed by atoms with van der Waals surface area (Å²) in [6, 6.07) is 5.37. The zero-order valence-corrected chi connectivity index (χ0v) is 13.4. The number of halogens is 1. The van der Waals surface area contributed by atoms with Crippen molar-refractivity contribution in [1.29, 1.82) is 0 Å². The Balaban J connectivity index is 2.05. The van der Waals surface area contributed by atoms with Crippen molar-refractivity contribution in [3.05, 3.63) is 28.8 Å². The molecule has 1 aliphatic heterocycles. The van der Waals surface area contributed by atoms with Crippen LogP contribution in [0.5, 0.6) is 0 Å². The van der Waals surface area contributed by atoms with Gasteiger partial charge in [-0.3, -0.25) is 10.2 Å². The number of carbonyl (C=O) groups is 1. The van der Waals surface area contributed by atoms with Crippen LogP contribution in [-0.2, 0) is 0 Å². The lowest BCUT2D eigenvalue weighted by molar-refractivity contribution is 0.0663. The highest BCUT2D eigenvalue weighted by atomic mass is 35.5. The van der Waals surface area contributed by atoms with Crippen molar-refractivity contribution in [2.24, 2.45) is 0 Å². The number of carbonyl (C=O) groups excluding carboxylic acids is 1. The van der Waals surface area contributed by atoms with Gasteiger partial charge in [-0.1, -0.05) is 18.5 Å². The fourth-order valence-electron chi connectivity index (χ4n) is 2.24. The highest BCUT2D eigenvalue weighted by Crippen LogP contribution is 2.21. The smallest absolute Gasteiger partial charge is 0.267 e. The molecule has 0 spiro atoms. The first-order valence-electron chi connectivity index (χ1n) is 7.38. The van der Waals surface area contributed by atoms with Gasteiger partial charge in [0.1, 0.15) is 0 Å². The molecule has 0 saturated carbocycles. The number of nitrogens with one attached hydrogen (secondary N) is 2. The number of nitrogens with zero attached hydrogens (tertiary/aromatic N) is 2. The van der Waals surface area contributed by atoms with Crippen molar-refractivity contribution in [2.75, 3.05) is 45.1 Å². The molecule has 1 heterocycles. The number of rotatable bonds is 5. The summed E-state index contributed by atoms with van der Waals surface area (Å²) in [6.07, 6.45) is 1.00. The SMILES string of the molecule is CCCNc1ccc(Cl)cc1C(=O)NN1CCN(C)CC1. The van der Waals surface area contributed by atoms with Gasteiger partial charge in [0.25, 0.3) is 5.91 Å². The number of likely N-dealkylation sites (N-methyl/N-ethyl adjacent to an activating group) is 1. The number of hydrazine groups is 1. The maximum Gasteiger partial charge on any atom is 0.267 e. The quantitative estimate of drug-likeness (QED) is 0.874. The normalized spacial score (nSPS) is 16.7. The summed E-state index contributed by atoms with van der Waals surface area (Å²) >= 11 is 6.03. The van der Waals surface area contributed by atoms with Crippen LogP contribution >= 0.6 is 11.6 Å². The highest BCUT2D eigenvalue weighted by molar-refractivity contribution is 6.31. The Morgan fingerprint density at radius 3 is 2.67 bits per heavy atom. The number of anilines is 1. The fraction of sp³-hybridized carbons (Fsp3) is 0.533. The van der Waals surface area contributed by atoms with Crippen LogP contribution in [0.15, 0.2) is 18.2 Å². The van der Waals surface area contributed by atoms with Gasteiger partial charge in [-0.25, -0.2) is 5.01 Å². The molecule has 0 radical (unpaired) electrons. The first-order chi connectivity index (χ1) is 10.1. The molecule has 0 aliphatic carbocycles. The van der Waals surface area contributed by atoms with Crippen LogP contribution in [0.4, 0.5) is 5.69 Å². The first kappa shape index (κ1) is 16.1. The van der Waals surface area contributed by atoms with Gasteiger partial charge in [0, 0.05) is 43.4 Å². The first-order valence-corrected chi connectivity index (χ1v) is 7.76. The summed E-state index contributed by atoms with van der Waals surface area (Å²) in [7, 11) is 2.09. The Labute approximate surface area is 131 Å². The molecule has 1 amide bonds. The van der Waals surface area contributed by atoms with Gasteiger partial charge in [0.15, 0.2) is 0 Å². The fourth-order valence-corrected chi connectivity index (χ4v) is 2.41. The van der Waals surface area contributed by atoms with E-state index in [4.69, 9.17) is 11.6 Å². The van der Waals surface area contributed by atoms with E-state index in [0.29, 0.717) is 10.6 Å². The molecule has 0 bridgehead atoms. The lowest BCUT2D eigenvalue weighted by Crippen LogP contribution is -2.52. The van der Waals surface area contributed by atoms with Crippen LogP contribution in [0, 0.1) is 0 Å². The van der Waals surface area contributed by atoms with Crippen LogP contribution in [0.1, 0.15) is 23.7 Å². The van der Waals surface area contributed by atoms with Gasteiger partial charge < -0.3 is 10.2 Å². The van der Waals surface area contributed by atoms with Crippen molar-refractivity contribution in [3.63, 3.8) is 0 Å². The Bertz CT molecular complexity index is 487. The van der Waals surface area contributed by atoms with Crippen molar-refractivity contribution < 1.29 is 4.79 Å². The predicted molar refractivity (Wildman–Crippen MR) is 86.8 cm³/mol. The third kappa shape index (κ3) is 4.59. The van der Waals surface area contributed by atoms with E-state index >= 15 is 0 Å². The van der Waals surface area contributed by atoms with Crippen molar-refractivity contribution in [3.8, 4) is 0 Å². The van der Waals surface area contributed by atoms with Crippen LogP contribution < -0.4 is 10.7 Å². The van der Waals surface area contributed by atoms with E-state index in [1.54, 1.807) is 12.1 Å². The van der Waals surface area contributed by atoms with E-state index < -0.39 is 0 Å². The molecular weight excluding hydrogens is 288 g/mol. The van der Waals surface area contributed by atoms with Gasteiger partial charge >= 0.3 is 0 Å². The minimum absolute atomic E-state index is 0.111. The molecular formula is C15H23ClN4O. The number of hydrogen-bond acceptors (Lipinski definition) is 4. The monoisotopic (exact) mass is 310 g/mol. The molecule has 0 unspecified atom stereocenters. The largest absolute Gasteiger partial charge is 0.384 e. The number of hydrogen-bond donors (Lipinski definition) is 2. The molecule has 1 aromatic rings. The second kappa shape index (κ2) is 7.64. The molecule has 2 rings (SSSR count). The van der Waals surface area contributed by atoms with Crippen molar-refractivity contribution in [1.82, 2.24) is 15.3 Å². The van der Waals surface area contributed by atoms with Gasteiger partial charge in [-0.05, 0) is 31.7 Å². The average Bonchev–Trinajstić information content (AvgIpc) is 2.48. The number of amides is 1. The van der Waals surface area contributed by atoms with E-state index in [9.17, 15) is 4.79 Å². The maximum absolute atomic E-state index is 12.5. The number of benzene rings is 1. The Kier molecular flexibility index (Phi) is 5.85. The maximum atomic E-state index is 12.5. The lowest BCUT2D eigenvalue weighted by Gasteiger charge is -2.32. The molecule has 116 valence electrons. The molecule has 2 N–H and O–H groups in total. The molecule has 0 aromatic heterocycles. The van der Waals surface area contributed by atoms with Crippen LogP contribution in [0.25, 0.3) is 0 Å². The molecule has 21 heavy (non-hydrogen) atoms. The Morgan fingerprint density at radius 1 is 1.29 bits per heavy atom. The third-order valence-electron chi connectivity index (χ3n) is 3.55. The van der Waals surface area contributed by atoms with E-state index in [-0.39, 0.29) is 5.91 Å². The third-order valence-corrected chi connectivity index (χ3v) is 3.79. The summed E-state index contributed by atoms with van der Waals surface area (Å²) in [6.45, 7) is 6.50. The average molecular weight is 311 g/mol. The summed E-state index contributed by atoms with van der Waals surface area (Å²) in [5.41, 5.74) is 4.39. The molecule has 5 nitrogen and oxygen atoms in total. The minimum Gasteiger partial charge on any atom is -0.384 e. The van der Waals surface area contributed by atoms with Gasteiger partial charge in [0.2, 0.25) is 0 Å². The van der Waals surface area contributed by atoms with Crippen molar-refractivity contribution >= 4 is 23.2 Å². The van der Waals surface area contributed by atoms with Crippen LogP contribution in [0.2, 0.25) is 5.02 Å². The van der Waals surface area contributed by atoms with E-state index in [1.165, 1.54) is 0 Å². The van der Waals surface area contributed by atoms with E-state index in [0.717, 1.165) is 44.8 Å². The summed E-state index contributed by atoms with van der Waals surface area (Å²) in [4.78, 5) is 14.7. The van der Waals surface area contributed by atoms with Crippen molar-refractivity contribution in [2.45, 2.75) is 13.3 Å². The second-order valence-corrected chi connectivity index (χ2v) is 5.78. The molecule has 0 atom stereocenters. The predicted octanol–water partition coefficient (Wildman–Crippen LogP) is 2.05. The Morgan fingerprint density at radius 2 is 2.00 bits per heavy atom. The molecule has 1 fully saturated rings. The zero-order valence-electron chi connectivity index (χ0n) is 12.7. The van der Waals surface area contributed by atoms with Crippen LogP contribution in [-0.4, -0.2) is 55.6 Å². The van der Waals surface area contributed by atoms with Gasteiger partial charge in [0.05, 0.1) is 5.56 Å². The van der Waals surface area contributed by atoms with Crippen LogP contribution in [0.3, 0.4) is 0 Å². The molecule has 6 heteroatoms. The second-order valence-electron chi connectivity index (χ2n) is 5.35. The van der Waals surface area contributed by atoms with Gasteiger partial charge in [-0.15, -0.1) is 0 Å². The summed E-state index contributed by atoms with van der Waals surface area (Å²) < 4.78 is 0. The number of piperazine rings is 1.